The molecular weight excluding hydrogens is 218 g/mol. The maximum absolute atomic E-state index is 11.8. The van der Waals surface area contributed by atoms with Crippen LogP contribution >= 0.6 is 0 Å². The van der Waals surface area contributed by atoms with Gasteiger partial charge < -0.3 is 4.74 Å². The van der Waals surface area contributed by atoms with Crippen LogP contribution in [0.25, 0.3) is 0 Å². The quantitative estimate of drug-likeness (QED) is 0.797. The highest BCUT2D eigenvalue weighted by Gasteiger charge is 2.27. The molecule has 1 aromatic carbocycles. The van der Waals surface area contributed by atoms with E-state index in [1.54, 1.807) is 12.1 Å². The first-order valence-electron chi connectivity index (χ1n) is 5.64. The lowest BCUT2D eigenvalue weighted by Gasteiger charge is -2.29. The zero-order chi connectivity index (χ0) is 12.4. The third-order valence-electron chi connectivity index (χ3n) is 2.77. The van der Waals surface area contributed by atoms with Crippen molar-refractivity contribution in [2.75, 3.05) is 18.1 Å². The number of Topliss-reactive ketones (excluding diaryl/α,β-unsaturated/α-hetero) is 1. The van der Waals surface area contributed by atoms with Crippen LogP contribution in [0, 0.1) is 5.92 Å². The second-order valence-electron chi connectivity index (χ2n) is 4.36. The number of rotatable bonds is 3. The van der Waals surface area contributed by atoms with Crippen molar-refractivity contribution in [3.63, 3.8) is 0 Å². The molecule has 0 N–H and O–H groups in total. The third kappa shape index (κ3) is 2.30. The van der Waals surface area contributed by atoms with Crippen molar-refractivity contribution in [3.05, 3.63) is 24.3 Å². The van der Waals surface area contributed by atoms with Crippen LogP contribution in [0.4, 0.5) is 5.69 Å². The summed E-state index contributed by atoms with van der Waals surface area (Å²) in [5.41, 5.74) is 0.678. The molecule has 0 saturated carbocycles. The van der Waals surface area contributed by atoms with E-state index >= 15 is 0 Å². The Bertz CT molecular complexity index is 454. The minimum atomic E-state index is -0.169. The zero-order valence-electron chi connectivity index (χ0n) is 9.97. The van der Waals surface area contributed by atoms with Crippen LogP contribution in [-0.2, 0) is 9.59 Å². The van der Waals surface area contributed by atoms with Crippen LogP contribution in [0.3, 0.4) is 0 Å². The van der Waals surface area contributed by atoms with Gasteiger partial charge in [-0.1, -0.05) is 26.0 Å². The highest BCUT2D eigenvalue weighted by atomic mass is 16.5. The summed E-state index contributed by atoms with van der Waals surface area (Å²) in [6, 6.07) is 7.26. The molecule has 0 aromatic heterocycles. The highest BCUT2D eigenvalue weighted by molar-refractivity contribution is 6.02. The van der Waals surface area contributed by atoms with Crippen molar-refractivity contribution >= 4 is 17.4 Å². The number of hydrogen-bond acceptors (Lipinski definition) is 3. The standard InChI is InChI=1S/C13H15NO3/c1-9(2)11(15)7-14-10-5-3-4-6-12(10)17-8-13(14)16/h3-6,9H,7-8H2,1-2H3. The number of carbonyl (C=O) groups is 2. The molecule has 0 bridgehead atoms. The number of benzene rings is 1. The van der Waals surface area contributed by atoms with E-state index in [0.717, 1.165) is 0 Å². The van der Waals surface area contributed by atoms with Gasteiger partial charge in [0.15, 0.2) is 12.4 Å². The molecule has 0 atom stereocenters. The van der Waals surface area contributed by atoms with Crippen LogP contribution in [0.5, 0.6) is 5.75 Å². The van der Waals surface area contributed by atoms with Gasteiger partial charge in [-0.05, 0) is 12.1 Å². The molecule has 0 spiro atoms. The molecule has 2 rings (SSSR count). The normalized spacial score (nSPS) is 14.5. The smallest absolute Gasteiger partial charge is 0.265 e. The van der Waals surface area contributed by atoms with Crippen molar-refractivity contribution in [2.24, 2.45) is 5.92 Å². The van der Waals surface area contributed by atoms with Crippen molar-refractivity contribution in [1.82, 2.24) is 0 Å². The number of ether oxygens (including phenoxy) is 1. The fourth-order valence-electron chi connectivity index (χ4n) is 1.67. The first-order chi connectivity index (χ1) is 8.09. The molecular formula is C13H15NO3. The van der Waals surface area contributed by atoms with E-state index < -0.39 is 0 Å². The minimum absolute atomic E-state index is 0.00237. The second kappa shape index (κ2) is 4.57. The first kappa shape index (κ1) is 11.6. The molecule has 0 radical (unpaired) electrons. The summed E-state index contributed by atoms with van der Waals surface area (Å²) in [5, 5.41) is 0. The van der Waals surface area contributed by atoms with Crippen LogP contribution < -0.4 is 9.64 Å². The molecule has 0 saturated heterocycles. The first-order valence-corrected chi connectivity index (χ1v) is 5.64. The fraction of sp³-hybridized carbons (Fsp3) is 0.385. The largest absolute Gasteiger partial charge is 0.482 e. The van der Waals surface area contributed by atoms with Crippen molar-refractivity contribution in [3.8, 4) is 5.75 Å². The van der Waals surface area contributed by atoms with Crippen LogP contribution in [0.2, 0.25) is 0 Å². The summed E-state index contributed by atoms with van der Waals surface area (Å²) in [4.78, 5) is 25.0. The zero-order valence-corrected chi connectivity index (χ0v) is 9.97. The highest BCUT2D eigenvalue weighted by Crippen LogP contribution is 2.31. The Balaban J connectivity index is 2.27. The van der Waals surface area contributed by atoms with E-state index in [1.165, 1.54) is 4.90 Å². The third-order valence-corrected chi connectivity index (χ3v) is 2.77. The monoisotopic (exact) mass is 233 g/mol. The lowest BCUT2D eigenvalue weighted by atomic mass is 10.1. The molecule has 1 aliphatic heterocycles. The predicted molar refractivity (Wildman–Crippen MR) is 64.1 cm³/mol. The van der Waals surface area contributed by atoms with E-state index in [9.17, 15) is 9.59 Å². The number of anilines is 1. The topological polar surface area (TPSA) is 46.6 Å². The molecule has 0 aliphatic carbocycles. The van der Waals surface area contributed by atoms with E-state index in [2.05, 4.69) is 0 Å². The number of amides is 1. The van der Waals surface area contributed by atoms with E-state index in [-0.39, 0.29) is 30.8 Å². The number of ketones is 1. The van der Waals surface area contributed by atoms with Gasteiger partial charge in [-0.3, -0.25) is 14.5 Å². The Hall–Kier alpha value is -1.84. The Labute approximate surface area is 100 Å². The number of fused-ring (bicyclic) bond motifs is 1. The molecule has 4 heteroatoms. The van der Waals surface area contributed by atoms with Crippen molar-refractivity contribution in [2.45, 2.75) is 13.8 Å². The molecule has 0 fully saturated rings. The van der Waals surface area contributed by atoms with Gasteiger partial charge in [0, 0.05) is 5.92 Å². The Morgan fingerprint density at radius 2 is 2.12 bits per heavy atom. The van der Waals surface area contributed by atoms with Gasteiger partial charge in [0.2, 0.25) is 0 Å². The molecule has 17 heavy (non-hydrogen) atoms. The lowest BCUT2D eigenvalue weighted by molar-refractivity contribution is -0.125. The lowest BCUT2D eigenvalue weighted by Crippen LogP contribution is -2.42. The van der Waals surface area contributed by atoms with Gasteiger partial charge >= 0.3 is 0 Å². The SMILES string of the molecule is CC(C)C(=O)CN1C(=O)COc2ccccc21. The minimum Gasteiger partial charge on any atom is -0.482 e. The van der Waals surface area contributed by atoms with Crippen molar-refractivity contribution < 1.29 is 14.3 Å². The van der Waals surface area contributed by atoms with Gasteiger partial charge in [-0.15, -0.1) is 0 Å². The summed E-state index contributed by atoms with van der Waals surface area (Å²) in [6.07, 6.45) is 0. The van der Waals surface area contributed by atoms with Gasteiger partial charge in [-0.25, -0.2) is 0 Å². The maximum atomic E-state index is 11.8. The van der Waals surface area contributed by atoms with Gasteiger partial charge in [0.05, 0.1) is 12.2 Å². The Kier molecular flexibility index (Phi) is 3.13. The van der Waals surface area contributed by atoms with Crippen LogP contribution in [-0.4, -0.2) is 24.8 Å². The molecule has 0 unspecified atom stereocenters. The fourth-order valence-corrected chi connectivity index (χ4v) is 1.67. The van der Waals surface area contributed by atoms with Gasteiger partial charge in [0.1, 0.15) is 5.75 Å². The molecule has 1 aliphatic rings. The van der Waals surface area contributed by atoms with Gasteiger partial charge in [0.25, 0.3) is 5.91 Å². The summed E-state index contributed by atoms with van der Waals surface area (Å²) >= 11 is 0. The number of hydrogen-bond donors (Lipinski definition) is 0. The Morgan fingerprint density at radius 3 is 2.82 bits per heavy atom. The molecule has 90 valence electrons. The summed E-state index contributed by atoms with van der Waals surface area (Å²) < 4.78 is 5.31. The number of para-hydroxylation sites is 2. The average Bonchev–Trinajstić information content (AvgIpc) is 2.32. The second-order valence-corrected chi connectivity index (χ2v) is 4.36. The summed E-state index contributed by atoms with van der Waals surface area (Å²) in [6.45, 7) is 3.79. The molecule has 1 heterocycles. The van der Waals surface area contributed by atoms with Crippen molar-refractivity contribution in [1.29, 1.82) is 0 Å². The van der Waals surface area contributed by atoms with Gasteiger partial charge in [-0.2, -0.15) is 0 Å². The van der Waals surface area contributed by atoms with E-state index in [4.69, 9.17) is 4.74 Å². The molecule has 1 amide bonds. The van der Waals surface area contributed by atoms with E-state index in [1.807, 2.05) is 26.0 Å². The summed E-state index contributed by atoms with van der Waals surface area (Å²) in [7, 11) is 0. The molecule has 1 aromatic rings. The van der Waals surface area contributed by atoms with E-state index in [0.29, 0.717) is 11.4 Å². The number of nitrogens with zero attached hydrogens (tertiary/aromatic N) is 1. The average molecular weight is 233 g/mol. The summed E-state index contributed by atoms with van der Waals surface area (Å²) in [5.74, 6) is 0.467. The van der Waals surface area contributed by atoms with Crippen LogP contribution in [0.15, 0.2) is 24.3 Å². The Morgan fingerprint density at radius 1 is 1.41 bits per heavy atom. The number of carbonyl (C=O) groups excluding carboxylic acids is 2. The predicted octanol–water partition coefficient (Wildman–Crippen LogP) is 1.64. The maximum Gasteiger partial charge on any atom is 0.265 e. The van der Waals surface area contributed by atoms with Crippen LogP contribution in [0.1, 0.15) is 13.8 Å². The molecule has 4 nitrogen and oxygen atoms in total.